The molecule has 4 aromatic rings. The molecule has 2 aromatic carbocycles. The van der Waals surface area contributed by atoms with E-state index in [2.05, 4.69) is 46.5 Å². The van der Waals surface area contributed by atoms with Crippen molar-refractivity contribution < 1.29 is 0 Å². The van der Waals surface area contributed by atoms with Crippen LogP contribution in [0.3, 0.4) is 0 Å². The fourth-order valence-electron chi connectivity index (χ4n) is 2.74. The summed E-state index contributed by atoms with van der Waals surface area (Å²) in [6, 6.07) is 20.1. The van der Waals surface area contributed by atoms with Gasteiger partial charge in [-0.3, -0.25) is 9.89 Å². The lowest BCUT2D eigenvalue weighted by Crippen LogP contribution is -2.12. The van der Waals surface area contributed by atoms with Gasteiger partial charge in [0.15, 0.2) is 5.65 Å². The topological polar surface area (TPSA) is 50.2 Å². The third-order valence-electron chi connectivity index (χ3n) is 3.85. The standard InChI is InChI=1S/C19H15N3OS/c1-13-18(19-20-12-11-17(23)22(19)21-13)14-7-9-16(10-8-14)24-15-5-3-2-4-6-15/h2-12,21H,1H3. The number of nitrogens with zero attached hydrogens (tertiary/aromatic N) is 2. The fraction of sp³-hybridized carbons (Fsp3) is 0.0526. The smallest absolute Gasteiger partial charge is 0.272 e. The number of aryl methyl sites for hydroxylation is 1. The lowest BCUT2D eigenvalue weighted by molar-refractivity contribution is 0.881. The number of rotatable bonds is 3. The summed E-state index contributed by atoms with van der Waals surface area (Å²) in [7, 11) is 0. The monoisotopic (exact) mass is 333 g/mol. The van der Waals surface area contributed by atoms with E-state index in [9.17, 15) is 4.79 Å². The number of benzene rings is 2. The van der Waals surface area contributed by atoms with Crippen molar-refractivity contribution in [3.8, 4) is 11.1 Å². The highest BCUT2D eigenvalue weighted by Crippen LogP contribution is 2.31. The third-order valence-corrected chi connectivity index (χ3v) is 4.86. The normalized spacial score (nSPS) is 11.0. The molecule has 0 unspecified atom stereocenters. The molecule has 5 heteroatoms. The number of aromatic amines is 1. The van der Waals surface area contributed by atoms with E-state index in [1.807, 2.05) is 25.1 Å². The zero-order valence-corrected chi connectivity index (χ0v) is 13.9. The van der Waals surface area contributed by atoms with Crippen LogP contribution in [0.25, 0.3) is 16.8 Å². The van der Waals surface area contributed by atoms with Gasteiger partial charge in [-0.05, 0) is 36.8 Å². The quantitative estimate of drug-likeness (QED) is 0.613. The molecule has 0 aliphatic carbocycles. The Morgan fingerprint density at radius 1 is 0.958 bits per heavy atom. The number of hydrogen-bond acceptors (Lipinski definition) is 3. The molecule has 1 N–H and O–H groups in total. The molecule has 0 amide bonds. The van der Waals surface area contributed by atoms with Gasteiger partial charge in [0.2, 0.25) is 0 Å². The van der Waals surface area contributed by atoms with E-state index in [4.69, 9.17) is 0 Å². The van der Waals surface area contributed by atoms with E-state index < -0.39 is 0 Å². The van der Waals surface area contributed by atoms with Crippen molar-refractivity contribution in [2.24, 2.45) is 0 Å². The molecule has 0 aliphatic rings. The van der Waals surface area contributed by atoms with Gasteiger partial charge in [-0.2, -0.15) is 0 Å². The van der Waals surface area contributed by atoms with Crippen molar-refractivity contribution in [2.75, 3.05) is 0 Å². The lowest BCUT2D eigenvalue weighted by Gasteiger charge is -2.04. The molecule has 0 saturated carbocycles. The highest BCUT2D eigenvalue weighted by Gasteiger charge is 2.12. The van der Waals surface area contributed by atoms with Crippen LogP contribution < -0.4 is 5.56 Å². The Morgan fingerprint density at radius 2 is 1.67 bits per heavy atom. The number of H-pyrrole nitrogens is 1. The number of aromatic nitrogens is 3. The van der Waals surface area contributed by atoms with Gasteiger partial charge >= 0.3 is 0 Å². The van der Waals surface area contributed by atoms with E-state index in [-0.39, 0.29) is 5.56 Å². The molecule has 0 bridgehead atoms. The number of nitrogens with one attached hydrogen (secondary N) is 1. The molecule has 0 atom stereocenters. The van der Waals surface area contributed by atoms with E-state index >= 15 is 0 Å². The molecular formula is C19H15N3OS. The molecule has 4 rings (SSSR count). The van der Waals surface area contributed by atoms with Gasteiger partial charge in [-0.1, -0.05) is 42.1 Å². The number of fused-ring (bicyclic) bond motifs is 1. The van der Waals surface area contributed by atoms with Gasteiger partial charge in [-0.15, -0.1) is 0 Å². The molecule has 0 radical (unpaired) electrons. The second-order valence-corrected chi connectivity index (χ2v) is 6.64. The largest absolute Gasteiger partial charge is 0.293 e. The first-order chi connectivity index (χ1) is 11.7. The molecule has 0 fully saturated rings. The van der Waals surface area contributed by atoms with Crippen molar-refractivity contribution in [1.82, 2.24) is 14.6 Å². The molecule has 2 aromatic heterocycles. The van der Waals surface area contributed by atoms with Crippen molar-refractivity contribution in [3.63, 3.8) is 0 Å². The van der Waals surface area contributed by atoms with E-state index in [1.54, 1.807) is 18.0 Å². The van der Waals surface area contributed by atoms with Gasteiger partial charge in [0, 0.05) is 33.3 Å². The van der Waals surface area contributed by atoms with Gasteiger partial charge in [0.05, 0.1) is 0 Å². The lowest BCUT2D eigenvalue weighted by atomic mass is 10.1. The second-order valence-electron chi connectivity index (χ2n) is 5.49. The van der Waals surface area contributed by atoms with Crippen LogP contribution in [0.2, 0.25) is 0 Å². The molecule has 2 heterocycles. The van der Waals surface area contributed by atoms with E-state index in [0.29, 0.717) is 5.65 Å². The molecule has 0 saturated heterocycles. The maximum atomic E-state index is 11.9. The summed E-state index contributed by atoms with van der Waals surface area (Å²) < 4.78 is 1.48. The molecule has 0 aliphatic heterocycles. The molecule has 24 heavy (non-hydrogen) atoms. The first-order valence-electron chi connectivity index (χ1n) is 7.62. The predicted molar refractivity (Wildman–Crippen MR) is 96.6 cm³/mol. The van der Waals surface area contributed by atoms with Crippen LogP contribution >= 0.6 is 11.8 Å². The Balaban J connectivity index is 1.72. The van der Waals surface area contributed by atoms with Gasteiger partial charge in [-0.25, -0.2) is 9.50 Å². The van der Waals surface area contributed by atoms with Crippen LogP contribution in [0, 0.1) is 6.92 Å². The SMILES string of the molecule is Cc1[nH]n2c(=O)ccnc2c1-c1ccc(Sc2ccccc2)cc1. The minimum atomic E-state index is -0.106. The summed E-state index contributed by atoms with van der Waals surface area (Å²) in [6.45, 7) is 1.95. The third kappa shape index (κ3) is 2.63. The fourth-order valence-corrected chi connectivity index (χ4v) is 3.58. The Labute approximate surface area is 143 Å². The van der Waals surface area contributed by atoms with Crippen LogP contribution in [-0.4, -0.2) is 14.6 Å². The van der Waals surface area contributed by atoms with Crippen molar-refractivity contribution in [2.45, 2.75) is 16.7 Å². The van der Waals surface area contributed by atoms with Gasteiger partial charge in [0.25, 0.3) is 5.56 Å². The number of hydrogen-bond donors (Lipinski definition) is 1. The Hall–Kier alpha value is -2.79. The summed E-state index contributed by atoms with van der Waals surface area (Å²) in [5, 5.41) is 3.08. The summed E-state index contributed by atoms with van der Waals surface area (Å²) >= 11 is 1.73. The van der Waals surface area contributed by atoms with Crippen molar-refractivity contribution in [1.29, 1.82) is 0 Å². The molecule has 118 valence electrons. The van der Waals surface area contributed by atoms with Crippen LogP contribution in [0.4, 0.5) is 0 Å². The van der Waals surface area contributed by atoms with Crippen LogP contribution in [0.5, 0.6) is 0 Å². The maximum Gasteiger partial charge on any atom is 0.272 e. The average Bonchev–Trinajstić information content (AvgIpc) is 2.94. The zero-order chi connectivity index (χ0) is 16.5. The van der Waals surface area contributed by atoms with E-state index in [1.165, 1.54) is 20.4 Å². The van der Waals surface area contributed by atoms with Crippen LogP contribution in [0.1, 0.15) is 5.69 Å². The van der Waals surface area contributed by atoms with Crippen molar-refractivity contribution >= 4 is 17.4 Å². The van der Waals surface area contributed by atoms with Crippen molar-refractivity contribution in [3.05, 3.63) is 82.9 Å². The first kappa shape index (κ1) is 14.8. The van der Waals surface area contributed by atoms with E-state index in [0.717, 1.165) is 16.8 Å². The maximum absolute atomic E-state index is 11.9. The minimum Gasteiger partial charge on any atom is -0.293 e. The summed E-state index contributed by atoms with van der Waals surface area (Å²) in [5.41, 5.74) is 3.48. The second kappa shape index (κ2) is 6.02. The Morgan fingerprint density at radius 3 is 2.42 bits per heavy atom. The average molecular weight is 333 g/mol. The highest BCUT2D eigenvalue weighted by atomic mass is 32.2. The van der Waals surface area contributed by atoms with Gasteiger partial charge < -0.3 is 0 Å². The molecular weight excluding hydrogens is 318 g/mol. The zero-order valence-electron chi connectivity index (χ0n) is 13.1. The summed E-state index contributed by atoms with van der Waals surface area (Å²) in [4.78, 5) is 18.7. The Bertz CT molecular complexity index is 1050. The van der Waals surface area contributed by atoms with Gasteiger partial charge in [0.1, 0.15) is 0 Å². The minimum absolute atomic E-state index is 0.106. The van der Waals surface area contributed by atoms with Crippen LogP contribution in [0.15, 0.2) is 81.4 Å². The molecule has 4 nitrogen and oxygen atoms in total. The first-order valence-corrected chi connectivity index (χ1v) is 8.44. The molecule has 0 spiro atoms. The Kier molecular flexibility index (Phi) is 3.70. The predicted octanol–water partition coefficient (Wildman–Crippen LogP) is 4.15. The highest BCUT2D eigenvalue weighted by molar-refractivity contribution is 7.99. The summed E-state index contributed by atoms with van der Waals surface area (Å²) in [6.07, 6.45) is 1.55. The summed E-state index contributed by atoms with van der Waals surface area (Å²) in [5.74, 6) is 0. The van der Waals surface area contributed by atoms with Crippen LogP contribution in [-0.2, 0) is 0 Å².